The summed E-state index contributed by atoms with van der Waals surface area (Å²) in [6.07, 6.45) is 8.72. The van der Waals surface area contributed by atoms with E-state index in [2.05, 4.69) is 272 Å². The Morgan fingerprint density at radius 2 is 0.551 bits per heavy atom. The average molecular weight is 2300 g/mol. The van der Waals surface area contributed by atoms with Crippen LogP contribution in [0.25, 0.3) is 206 Å². The van der Waals surface area contributed by atoms with Crippen LogP contribution in [-0.2, 0) is 82.5 Å². The van der Waals surface area contributed by atoms with Gasteiger partial charge < -0.3 is 29.0 Å². The molecule has 9 aromatic heterocycles. The molecule has 12 nitrogen and oxygen atoms in total. The molecule has 23 aromatic rings. The summed E-state index contributed by atoms with van der Waals surface area (Å²) in [4.78, 5) is 29.8. The standard InChI is InChI=1S/2C42H28N3O.C37H26N3O.3Pt/c1-26-25-43-40(24-34(26)27-10-3-2-4-11-27)45-37-21-19-30-22-28-12-5-6-13-31(28)41(30)42(37)33-20-18-29(23-38(33)45)35-15-9-16-36(44-35)32-14-7-8-17-39(32)46;1-26-22-40(43-25-34(26)27-10-3-2-4-11-27)45-37-21-19-30-23-28-12-5-6-13-31(28)41(30)42(37)33-20-18-29(24-38(33)45)35-15-9-16-36(44-35)32-14-7-8-17-39(32)46;1-22-18-35(38-21-23(22)2)40-32-17-15-26-19-24-8-3-4-9-27(24)36(26)37(32)29-16-14-25(20-33(29)40)30-11-7-12-31(39-30)28-10-5-6-13-34(28)41;;;/h2-21,24-25,46H,22H2,1H3;2-22,25,46H,23H2,1H3;3-18,21,41H,19H2,1-2H3;;;/q3*-1;;;. The van der Waals surface area contributed by atoms with E-state index in [4.69, 9.17) is 29.9 Å². The first-order valence-corrected chi connectivity index (χ1v) is 44.9. The second-order valence-corrected chi connectivity index (χ2v) is 34.7. The minimum absolute atomic E-state index is 0. The van der Waals surface area contributed by atoms with E-state index in [9.17, 15) is 15.3 Å². The van der Waals surface area contributed by atoms with Crippen LogP contribution in [0.15, 0.2) is 370 Å². The monoisotopic (exact) mass is 2290 g/mol. The molecular weight excluding hydrogens is 2210 g/mol. The molecule has 0 unspecified atom stereocenters. The van der Waals surface area contributed by atoms with Crippen LogP contribution in [0.2, 0.25) is 0 Å². The minimum atomic E-state index is 0. The SMILES string of the molecule is Cc1cc(-n2c3[c-]c(-c4cccc(-c5ccccc5O)n4)ccc3c3c4c(ccc32)Cc2ccccc2-4)ncc1-c1ccccc1.Cc1cnc(-n2c3[c-]c(-c4cccc(-c5ccccc5O)n4)ccc3c3c4c(ccc32)Cc2ccccc2-4)cc1-c1ccccc1.Cc1cnc(-n2c3[c-]c(-c4cccc(-c5ccccc5O)n4)ccc3c3c4c(ccc32)Cc2ccccc2-4)cc1C.[Pt].[Pt].[Pt]. The zero-order valence-electron chi connectivity index (χ0n) is 74.2. The first-order valence-electron chi connectivity index (χ1n) is 44.9. The van der Waals surface area contributed by atoms with Crippen LogP contribution in [0.3, 0.4) is 0 Å². The van der Waals surface area contributed by atoms with Crippen LogP contribution in [0.4, 0.5) is 0 Å². The molecule has 0 radical (unpaired) electrons. The molecule has 0 atom stereocenters. The molecule has 9 heterocycles. The Labute approximate surface area is 829 Å². The van der Waals surface area contributed by atoms with E-state index in [0.29, 0.717) is 28.1 Å². The summed E-state index contributed by atoms with van der Waals surface area (Å²) in [6.45, 7) is 8.49. The summed E-state index contributed by atoms with van der Waals surface area (Å²) in [7, 11) is 0. The van der Waals surface area contributed by atoms with Gasteiger partial charge in [0.2, 0.25) is 0 Å². The quantitative estimate of drug-likeness (QED) is 0.107. The normalized spacial score (nSPS) is 11.8. The Kier molecular flexibility index (Phi) is 23.2. The summed E-state index contributed by atoms with van der Waals surface area (Å²) in [5.41, 5.74) is 40.7. The molecule has 0 bridgehead atoms. The summed E-state index contributed by atoms with van der Waals surface area (Å²) in [5.74, 6) is 3.21. The molecule has 0 saturated carbocycles. The molecular formula is C121H82N9O3Pt3-3. The third-order valence-corrected chi connectivity index (χ3v) is 26.8. The largest absolute Gasteiger partial charge is 0.507 e. The minimum Gasteiger partial charge on any atom is -0.507 e. The van der Waals surface area contributed by atoms with Crippen molar-refractivity contribution in [2.24, 2.45) is 0 Å². The van der Waals surface area contributed by atoms with Gasteiger partial charge in [-0.15, -0.1) is 71.3 Å². The summed E-state index contributed by atoms with van der Waals surface area (Å²) >= 11 is 0. The van der Waals surface area contributed by atoms with Crippen molar-refractivity contribution < 1.29 is 78.5 Å². The molecule has 662 valence electrons. The number of aromatic hydroxyl groups is 3. The van der Waals surface area contributed by atoms with Crippen LogP contribution < -0.4 is 0 Å². The van der Waals surface area contributed by atoms with Crippen molar-refractivity contribution in [1.82, 2.24) is 43.6 Å². The van der Waals surface area contributed by atoms with Crippen LogP contribution in [0.1, 0.15) is 55.6 Å². The maximum absolute atomic E-state index is 10.5. The molecule has 0 saturated heterocycles. The Morgan fingerprint density at radius 1 is 0.243 bits per heavy atom. The molecule has 3 aliphatic rings. The third kappa shape index (κ3) is 15.2. The first-order chi connectivity index (χ1) is 65.3. The van der Waals surface area contributed by atoms with E-state index in [1.807, 2.05) is 140 Å². The maximum Gasteiger partial charge on any atom is 0.136 e. The Balaban J connectivity index is 0.000000121. The van der Waals surface area contributed by atoms with E-state index >= 15 is 0 Å². The summed E-state index contributed by atoms with van der Waals surface area (Å²) < 4.78 is 6.76. The number of pyridine rings is 6. The van der Waals surface area contributed by atoms with E-state index in [1.54, 1.807) is 18.2 Å². The summed E-state index contributed by atoms with van der Waals surface area (Å²) in [6, 6.07) is 131. The fourth-order valence-electron chi connectivity index (χ4n) is 20.3. The number of aromatic nitrogens is 9. The number of fused-ring (bicyclic) bond motifs is 21. The third-order valence-electron chi connectivity index (χ3n) is 26.8. The Morgan fingerprint density at radius 3 is 0.912 bits per heavy atom. The average Bonchev–Trinajstić information content (AvgIpc) is 1.56. The molecule has 3 N–H and O–H groups in total. The van der Waals surface area contributed by atoms with Gasteiger partial charge in [-0.2, -0.15) is 0 Å². The number of phenolic OH excluding ortho intramolecular Hbond substituents is 3. The zero-order chi connectivity index (χ0) is 89.2. The predicted molar refractivity (Wildman–Crippen MR) is 538 cm³/mol. The van der Waals surface area contributed by atoms with Gasteiger partial charge in [0.15, 0.2) is 0 Å². The van der Waals surface area contributed by atoms with Crippen molar-refractivity contribution in [3.8, 4) is 158 Å². The van der Waals surface area contributed by atoms with E-state index < -0.39 is 0 Å². The van der Waals surface area contributed by atoms with Gasteiger partial charge in [0.05, 0.1) is 17.1 Å². The number of benzene rings is 14. The summed E-state index contributed by atoms with van der Waals surface area (Å²) in [5, 5.41) is 38.6. The van der Waals surface area contributed by atoms with Gasteiger partial charge in [-0.3, -0.25) is 15.0 Å². The number of para-hydroxylation sites is 3. The van der Waals surface area contributed by atoms with E-state index in [-0.39, 0.29) is 80.4 Å². The number of rotatable bonds is 11. The fraction of sp³-hybridized carbons (Fsp3) is 0.0579. The number of hydrogen-bond donors (Lipinski definition) is 3. The fourth-order valence-corrected chi connectivity index (χ4v) is 20.3. The Bertz CT molecular complexity index is 8740. The van der Waals surface area contributed by atoms with Crippen LogP contribution in [0.5, 0.6) is 17.2 Å². The molecule has 14 aromatic carbocycles. The second kappa shape index (κ2) is 36.0. The molecule has 26 rings (SSSR count). The molecule has 3 aliphatic carbocycles. The first kappa shape index (κ1) is 87.5. The van der Waals surface area contributed by atoms with Crippen molar-refractivity contribution in [2.45, 2.75) is 47.0 Å². The van der Waals surface area contributed by atoms with Crippen molar-refractivity contribution in [3.63, 3.8) is 0 Å². The van der Waals surface area contributed by atoms with Crippen LogP contribution in [-0.4, -0.2) is 58.9 Å². The molecule has 0 spiro atoms. The number of nitrogens with zero attached hydrogens (tertiary/aromatic N) is 9. The maximum atomic E-state index is 10.5. The second-order valence-electron chi connectivity index (χ2n) is 34.7. The molecule has 0 fully saturated rings. The van der Waals surface area contributed by atoms with Gasteiger partial charge >= 0.3 is 0 Å². The molecule has 15 heteroatoms. The predicted octanol–water partition coefficient (Wildman–Crippen LogP) is 28.5. The van der Waals surface area contributed by atoms with Crippen molar-refractivity contribution >= 4 is 65.4 Å². The smallest absolute Gasteiger partial charge is 0.136 e. The van der Waals surface area contributed by atoms with E-state index in [0.717, 1.165) is 159 Å². The van der Waals surface area contributed by atoms with Gasteiger partial charge in [0.1, 0.15) is 34.7 Å². The Hall–Kier alpha value is -15.2. The van der Waals surface area contributed by atoms with Gasteiger partial charge in [0.25, 0.3) is 0 Å². The van der Waals surface area contributed by atoms with Gasteiger partial charge in [-0.1, -0.05) is 241 Å². The van der Waals surface area contributed by atoms with Crippen LogP contribution >= 0.6 is 0 Å². The van der Waals surface area contributed by atoms with E-state index in [1.165, 1.54) is 94.0 Å². The van der Waals surface area contributed by atoms with Crippen LogP contribution in [0, 0.1) is 45.9 Å². The number of aryl methyl sites for hydroxylation is 4. The zero-order valence-corrected chi connectivity index (χ0v) is 81.0. The molecule has 136 heavy (non-hydrogen) atoms. The van der Waals surface area contributed by atoms with Crippen molar-refractivity contribution in [1.29, 1.82) is 0 Å². The van der Waals surface area contributed by atoms with Gasteiger partial charge in [-0.25, -0.2) is 15.0 Å². The van der Waals surface area contributed by atoms with Crippen molar-refractivity contribution in [3.05, 3.63) is 444 Å². The topological polar surface area (TPSA) is 153 Å². The van der Waals surface area contributed by atoms with Crippen molar-refractivity contribution in [2.75, 3.05) is 0 Å². The van der Waals surface area contributed by atoms with Gasteiger partial charge in [0, 0.05) is 121 Å². The number of hydrogen-bond acceptors (Lipinski definition) is 9. The molecule has 0 aliphatic heterocycles. The number of phenols is 3. The molecule has 0 amide bonds. The van der Waals surface area contributed by atoms with Gasteiger partial charge in [-0.05, 0) is 293 Å².